The van der Waals surface area contributed by atoms with E-state index in [-0.39, 0.29) is 6.03 Å². The van der Waals surface area contributed by atoms with E-state index in [1.54, 1.807) is 6.20 Å². The Morgan fingerprint density at radius 3 is 2.81 bits per heavy atom. The van der Waals surface area contributed by atoms with Gasteiger partial charge in [0.1, 0.15) is 0 Å². The molecule has 0 saturated heterocycles. The second kappa shape index (κ2) is 9.82. The number of benzene rings is 2. The van der Waals surface area contributed by atoms with Gasteiger partial charge in [-0.2, -0.15) is 0 Å². The number of aromatic nitrogens is 2. The molecule has 184 valence electrons. The van der Waals surface area contributed by atoms with Crippen molar-refractivity contribution in [3.63, 3.8) is 0 Å². The van der Waals surface area contributed by atoms with Crippen molar-refractivity contribution in [3.8, 4) is 0 Å². The van der Waals surface area contributed by atoms with Crippen LogP contribution in [0.3, 0.4) is 0 Å². The Morgan fingerprint density at radius 2 is 2.03 bits per heavy atom. The molecule has 1 N–H and O–H groups in total. The second-order valence-electron chi connectivity index (χ2n) is 9.43. The quantitative estimate of drug-likeness (QED) is 0.356. The number of halogens is 1. The highest BCUT2D eigenvalue weighted by atomic mass is 35.5. The third kappa shape index (κ3) is 4.60. The zero-order valence-corrected chi connectivity index (χ0v) is 21.7. The molecule has 1 amide bonds. The molecule has 0 radical (unpaired) electrons. The molecule has 0 saturated carbocycles. The Hall–Kier alpha value is -2.97. The molecular formula is C28H27ClN4O2S. The Balaban J connectivity index is 1.27. The maximum Gasteiger partial charge on any atom is 0.326 e. The highest BCUT2D eigenvalue weighted by molar-refractivity contribution is 7.15. The van der Waals surface area contributed by atoms with Crippen LogP contribution in [0, 0.1) is 6.92 Å². The van der Waals surface area contributed by atoms with Gasteiger partial charge in [0.05, 0.1) is 25.3 Å². The molecule has 2 aliphatic rings. The maximum absolute atomic E-state index is 13.5. The van der Waals surface area contributed by atoms with Gasteiger partial charge in [0.15, 0.2) is 4.47 Å². The van der Waals surface area contributed by atoms with Crippen LogP contribution in [0.1, 0.15) is 38.4 Å². The molecule has 0 aliphatic carbocycles. The van der Waals surface area contributed by atoms with Crippen LogP contribution in [0.2, 0.25) is 4.47 Å². The van der Waals surface area contributed by atoms with Gasteiger partial charge in [0, 0.05) is 48.2 Å². The average molecular weight is 519 g/mol. The van der Waals surface area contributed by atoms with Crippen LogP contribution in [-0.4, -0.2) is 33.6 Å². The van der Waals surface area contributed by atoms with E-state index in [2.05, 4.69) is 70.7 Å². The summed E-state index contributed by atoms with van der Waals surface area (Å²) in [5.74, 6) is 0. The molecule has 0 fully saturated rings. The van der Waals surface area contributed by atoms with Crippen molar-refractivity contribution in [3.05, 3.63) is 91.5 Å². The first kappa shape index (κ1) is 23.4. The van der Waals surface area contributed by atoms with E-state index in [1.807, 2.05) is 4.57 Å². The highest BCUT2D eigenvalue weighted by Crippen LogP contribution is 2.35. The molecule has 4 heterocycles. The van der Waals surface area contributed by atoms with Crippen molar-refractivity contribution in [1.82, 2.24) is 19.8 Å². The van der Waals surface area contributed by atoms with Crippen LogP contribution < -0.4 is 5.32 Å². The zero-order chi connectivity index (χ0) is 24.6. The summed E-state index contributed by atoms with van der Waals surface area (Å²) in [7, 11) is 0. The Morgan fingerprint density at radius 1 is 1.22 bits per heavy atom. The number of nitrogens with zero attached hydrogens (tertiary/aromatic N) is 3. The number of nitrogens with one attached hydrogen (secondary N) is 1. The molecule has 8 heteroatoms. The number of rotatable bonds is 5. The van der Waals surface area contributed by atoms with Gasteiger partial charge in [0.25, 0.3) is 0 Å². The average Bonchev–Trinajstić information content (AvgIpc) is 3.59. The van der Waals surface area contributed by atoms with E-state index in [1.165, 1.54) is 39.2 Å². The first-order valence-corrected chi connectivity index (χ1v) is 13.3. The number of carbonyl (C=O) groups excluding carboxylic acids is 1. The van der Waals surface area contributed by atoms with Crippen molar-refractivity contribution >= 4 is 45.9 Å². The molecular weight excluding hydrogens is 492 g/mol. The van der Waals surface area contributed by atoms with E-state index in [4.69, 9.17) is 16.3 Å². The fourth-order valence-electron chi connectivity index (χ4n) is 5.09. The number of hydrogen-bond donors (Lipinski definition) is 1. The van der Waals surface area contributed by atoms with Crippen LogP contribution in [0.25, 0.3) is 17.0 Å². The van der Waals surface area contributed by atoms with Crippen LogP contribution in [0.15, 0.2) is 48.7 Å². The number of thiazole rings is 1. The first-order chi connectivity index (χ1) is 17.5. The molecule has 6 nitrogen and oxygen atoms in total. The summed E-state index contributed by atoms with van der Waals surface area (Å²) in [6.45, 7) is 6.32. The summed E-state index contributed by atoms with van der Waals surface area (Å²) in [4.78, 5) is 20.9. The second-order valence-corrected chi connectivity index (χ2v) is 11.1. The largest absolute Gasteiger partial charge is 0.372 e. The highest BCUT2D eigenvalue weighted by Gasteiger charge is 2.28. The lowest BCUT2D eigenvalue weighted by molar-refractivity contribution is 0.134. The first-order valence-electron chi connectivity index (χ1n) is 12.1. The predicted molar refractivity (Wildman–Crippen MR) is 144 cm³/mol. The molecule has 2 aromatic heterocycles. The van der Waals surface area contributed by atoms with Gasteiger partial charge in [-0.1, -0.05) is 53.6 Å². The summed E-state index contributed by atoms with van der Waals surface area (Å²) in [6.07, 6.45) is 6.95. The molecule has 4 aromatic rings. The fourth-order valence-corrected chi connectivity index (χ4v) is 6.01. The van der Waals surface area contributed by atoms with Crippen LogP contribution in [-0.2, 0) is 37.5 Å². The summed E-state index contributed by atoms with van der Waals surface area (Å²) in [5.41, 5.74) is 8.17. The monoisotopic (exact) mass is 518 g/mol. The summed E-state index contributed by atoms with van der Waals surface area (Å²) < 4.78 is 8.05. The molecule has 0 atom stereocenters. The third-order valence-corrected chi connectivity index (χ3v) is 8.07. The Kier molecular flexibility index (Phi) is 6.39. The van der Waals surface area contributed by atoms with Crippen molar-refractivity contribution in [2.45, 2.75) is 39.6 Å². The summed E-state index contributed by atoms with van der Waals surface area (Å²) >= 11 is 7.34. The lowest BCUT2D eigenvalue weighted by Gasteiger charge is -2.27. The minimum absolute atomic E-state index is 0.114. The lowest BCUT2D eigenvalue weighted by Crippen LogP contribution is -2.34. The third-order valence-electron chi connectivity index (χ3n) is 6.96. The number of aryl methyl sites for hydroxylation is 1. The number of ether oxygens (including phenoxy) is 1. The molecule has 36 heavy (non-hydrogen) atoms. The molecule has 0 spiro atoms. The molecule has 2 aliphatic heterocycles. The molecule has 2 aromatic carbocycles. The number of amides is 1. The number of hydrogen-bond acceptors (Lipinski definition) is 5. The van der Waals surface area contributed by atoms with Crippen LogP contribution >= 0.6 is 22.9 Å². The van der Waals surface area contributed by atoms with Gasteiger partial charge >= 0.3 is 6.03 Å². The van der Waals surface area contributed by atoms with E-state index >= 15 is 0 Å². The van der Waals surface area contributed by atoms with Crippen molar-refractivity contribution in [1.29, 1.82) is 0 Å². The van der Waals surface area contributed by atoms with Crippen LogP contribution in [0.5, 0.6) is 0 Å². The minimum Gasteiger partial charge on any atom is -0.372 e. The van der Waals surface area contributed by atoms with Crippen molar-refractivity contribution in [2.24, 2.45) is 0 Å². The Labute approximate surface area is 219 Å². The minimum atomic E-state index is -0.114. The molecule has 0 bridgehead atoms. The maximum atomic E-state index is 13.5. The van der Waals surface area contributed by atoms with Gasteiger partial charge in [0.2, 0.25) is 0 Å². The van der Waals surface area contributed by atoms with E-state index in [9.17, 15) is 4.79 Å². The normalized spacial score (nSPS) is 15.5. The smallest absolute Gasteiger partial charge is 0.326 e. The van der Waals surface area contributed by atoms with E-state index in [0.29, 0.717) is 24.2 Å². The number of fused-ring (bicyclic) bond motifs is 4. The van der Waals surface area contributed by atoms with Gasteiger partial charge in [-0.15, -0.1) is 11.3 Å². The summed E-state index contributed by atoms with van der Waals surface area (Å²) in [5, 5.41) is 4.22. The summed E-state index contributed by atoms with van der Waals surface area (Å²) in [6, 6.07) is 12.8. The fraction of sp³-hybridized carbons (Fsp3) is 0.286. The Bertz CT molecular complexity index is 1470. The predicted octanol–water partition coefficient (Wildman–Crippen LogP) is 5.92. The van der Waals surface area contributed by atoms with Gasteiger partial charge in [-0.25, -0.2) is 9.78 Å². The van der Waals surface area contributed by atoms with Gasteiger partial charge < -0.3 is 10.1 Å². The molecule has 6 rings (SSSR count). The van der Waals surface area contributed by atoms with Crippen molar-refractivity contribution < 1.29 is 9.53 Å². The van der Waals surface area contributed by atoms with Crippen LogP contribution in [0.4, 0.5) is 4.79 Å². The topological polar surface area (TPSA) is 59.4 Å². The van der Waals surface area contributed by atoms with Gasteiger partial charge in [-0.3, -0.25) is 9.47 Å². The lowest BCUT2D eigenvalue weighted by atomic mass is 10.0. The zero-order valence-electron chi connectivity index (χ0n) is 20.1. The SMILES string of the molecule is Cc1ccc(/C=C/CN2CCc3c(c4cc5c(cc4n3C(=O)NCc3cnc(Cl)s3)COC5)C2)cc1. The molecule has 0 unspecified atom stereocenters. The van der Waals surface area contributed by atoms with Crippen molar-refractivity contribution in [2.75, 3.05) is 13.1 Å². The standard InChI is InChI=1S/C28H27ClN4O2S/c1-18-4-6-19(7-5-18)3-2-9-32-10-8-25-24(15-32)23-11-20-16-35-17-21(20)12-26(23)33(25)28(34)31-14-22-13-30-27(29)36-22/h2-7,11-13H,8-10,14-17H2,1H3,(H,31,34)/b3-2+. The number of carbonyl (C=O) groups is 1. The van der Waals surface area contributed by atoms with E-state index < -0.39 is 0 Å². The van der Waals surface area contributed by atoms with Gasteiger partial charge in [-0.05, 0) is 41.3 Å². The van der Waals surface area contributed by atoms with E-state index in [0.717, 1.165) is 47.5 Å².